The van der Waals surface area contributed by atoms with Crippen LogP contribution in [0.25, 0.3) is 6.08 Å². The van der Waals surface area contributed by atoms with Crippen LogP contribution >= 0.6 is 24.0 Å². The number of non-ortho nitro benzene ring substituents is 1. The molecule has 1 heterocycles. The van der Waals surface area contributed by atoms with Gasteiger partial charge < -0.3 is 4.74 Å². The van der Waals surface area contributed by atoms with Gasteiger partial charge in [-0.3, -0.25) is 19.8 Å². The molecule has 9 heteroatoms. The number of rotatable bonds is 6. The molecular formula is C23H15FN2O4S2. The summed E-state index contributed by atoms with van der Waals surface area (Å²) in [5, 5.41) is 10.8. The van der Waals surface area contributed by atoms with Crippen molar-refractivity contribution in [1.82, 2.24) is 0 Å². The summed E-state index contributed by atoms with van der Waals surface area (Å²) in [7, 11) is 0. The highest BCUT2D eigenvalue weighted by molar-refractivity contribution is 8.27. The lowest BCUT2D eigenvalue weighted by Crippen LogP contribution is -2.27. The molecule has 0 spiro atoms. The molecule has 0 aliphatic carbocycles. The summed E-state index contributed by atoms with van der Waals surface area (Å²) < 4.78 is 19.1. The lowest BCUT2D eigenvalue weighted by atomic mass is 10.2. The monoisotopic (exact) mass is 466 g/mol. The molecule has 32 heavy (non-hydrogen) atoms. The Kier molecular flexibility index (Phi) is 6.29. The van der Waals surface area contributed by atoms with Crippen LogP contribution in [0.1, 0.15) is 11.1 Å². The number of amides is 1. The molecule has 3 aromatic carbocycles. The molecule has 1 aliphatic rings. The van der Waals surface area contributed by atoms with Gasteiger partial charge in [0.25, 0.3) is 11.6 Å². The molecule has 6 nitrogen and oxygen atoms in total. The van der Waals surface area contributed by atoms with Gasteiger partial charge in [-0.2, -0.15) is 0 Å². The maximum absolute atomic E-state index is 13.0. The Morgan fingerprint density at radius 3 is 2.50 bits per heavy atom. The fourth-order valence-corrected chi connectivity index (χ4v) is 4.31. The van der Waals surface area contributed by atoms with Crippen LogP contribution in [0.2, 0.25) is 0 Å². The summed E-state index contributed by atoms with van der Waals surface area (Å²) >= 11 is 6.51. The third-order valence-electron chi connectivity index (χ3n) is 4.59. The smallest absolute Gasteiger partial charge is 0.270 e. The van der Waals surface area contributed by atoms with E-state index < -0.39 is 4.92 Å². The van der Waals surface area contributed by atoms with Gasteiger partial charge in [-0.15, -0.1) is 0 Å². The van der Waals surface area contributed by atoms with Crippen LogP contribution in [0.3, 0.4) is 0 Å². The number of halogens is 1. The van der Waals surface area contributed by atoms with Gasteiger partial charge in [0.05, 0.1) is 15.5 Å². The highest BCUT2D eigenvalue weighted by Crippen LogP contribution is 2.36. The molecule has 0 bridgehead atoms. The van der Waals surface area contributed by atoms with E-state index in [9.17, 15) is 19.3 Å². The summed E-state index contributed by atoms with van der Waals surface area (Å²) in [6.45, 7) is 0.284. The molecule has 0 atom stereocenters. The third-order valence-corrected chi connectivity index (χ3v) is 5.89. The zero-order valence-corrected chi connectivity index (χ0v) is 18.1. The average molecular weight is 467 g/mol. The molecule has 0 unspecified atom stereocenters. The van der Waals surface area contributed by atoms with E-state index in [1.807, 2.05) is 12.1 Å². The lowest BCUT2D eigenvalue weighted by molar-refractivity contribution is -0.384. The first-order valence-corrected chi connectivity index (χ1v) is 10.6. The third kappa shape index (κ3) is 4.84. The van der Waals surface area contributed by atoms with Crippen molar-refractivity contribution < 1.29 is 18.8 Å². The number of carbonyl (C=O) groups excluding carboxylic acids is 1. The molecule has 4 rings (SSSR count). The van der Waals surface area contributed by atoms with Crippen molar-refractivity contribution in [3.63, 3.8) is 0 Å². The van der Waals surface area contributed by atoms with Gasteiger partial charge in [0.2, 0.25) is 0 Å². The van der Waals surface area contributed by atoms with Crippen molar-refractivity contribution in [2.75, 3.05) is 4.90 Å². The highest BCUT2D eigenvalue weighted by atomic mass is 32.2. The van der Waals surface area contributed by atoms with E-state index >= 15 is 0 Å². The second-order valence-electron chi connectivity index (χ2n) is 6.78. The summed E-state index contributed by atoms with van der Waals surface area (Å²) in [4.78, 5) is 25.0. The number of nitro groups is 1. The van der Waals surface area contributed by atoms with Crippen molar-refractivity contribution in [2.24, 2.45) is 0 Å². The molecule has 0 saturated carbocycles. The molecule has 0 N–H and O–H groups in total. The molecule has 160 valence electrons. The minimum absolute atomic E-state index is 0.0628. The van der Waals surface area contributed by atoms with E-state index in [2.05, 4.69) is 0 Å². The Balaban J connectivity index is 1.49. The fraction of sp³-hybridized carbons (Fsp3) is 0.0435. The minimum Gasteiger partial charge on any atom is -0.489 e. The number of anilines is 1. The molecule has 1 aliphatic heterocycles. The van der Waals surface area contributed by atoms with Crippen molar-refractivity contribution in [3.05, 3.63) is 105 Å². The molecule has 1 amide bonds. The standard InChI is InChI=1S/C23H15FN2O4S2/c24-17-6-4-15(5-7-17)14-30-20-3-1-2-16(12-20)13-21-22(27)25(23(31)32-21)18-8-10-19(11-9-18)26(28)29/h1-13H,14H2/b21-13+. The lowest BCUT2D eigenvalue weighted by Gasteiger charge is -2.13. The van der Waals surface area contributed by atoms with E-state index in [1.165, 1.54) is 41.3 Å². The fourth-order valence-electron chi connectivity index (χ4n) is 3.01. The van der Waals surface area contributed by atoms with Gasteiger partial charge in [0, 0.05) is 12.1 Å². The molecule has 1 saturated heterocycles. The first kappa shape index (κ1) is 21.7. The van der Waals surface area contributed by atoms with Crippen molar-refractivity contribution >= 4 is 51.7 Å². The van der Waals surface area contributed by atoms with Crippen LogP contribution in [-0.4, -0.2) is 15.2 Å². The van der Waals surface area contributed by atoms with Crippen molar-refractivity contribution in [2.45, 2.75) is 6.61 Å². The normalized spacial score (nSPS) is 14.8. The average Bonchev–Trinajstić information content (AvgIpc) is 3.06. The first-order valence-electron chi connectivity index (χ1n) is 9.40. The summed E-state index contributed by atoms with van der Waals surface area (Å²) in [6, 6.07) is 19.0. The van der Waals surface area contributed by atoms with Crippen LogP contribution in [0, 0.1) is 15.9 Å². The van der Waals surface area contributed by atoms with Crippen LogP contribution in [0.5, 0.6) is 5.75 Å². The second-order valence-corrected chi connectivity index (χ2v) is 8.45. The minimum atomic E-state index is -0.501. The van der Waals surface area contributed by atoms with Gasteiger partial charge >= 0.3 is 0 Å². The van der Waals surface area contributed by atoms with E-state index in [1.54, 1.807) is 30.3 Å². The molecule has 0 radical (unpaired) electrons. The van der Waals surface area contributed by atoms with E-state index in [-0.39, 0.29) is 24.0 Å². The maximum atomic E-state index is 13.0. The molecule has 3 aromatic rings. The Morgan fingerprint density at radius 1 is 1.09 bits per heavy atom. The number of ether oxygens (including phenoxy) is 1. The number of hydrogen-bond acceptors (Lipinski definition) is 6. The number of thiocarbonyl (C=S) groups is 1. The van der Waals surface area contributed by atoms with E-state index in [0.717, 1.165) is 22.9 Å². The predicted octanol–water partition coefficient (Wildman–Crippen LogP) is 5.72. The number of hydrogen-bond donors (Lipinski definition) is 0. The molecule has 0 aromatic heterocycles. The van der Waals surface area contributed by atoms with Crippen LogP contribution in [0.15, 0.2) is 77.7 Å². The zero-order valence-electron chi connectivity index (χ0n) is 16.4. The first-order chi connectivity index (χ1) is 15.4. The number of thioether (sulfide) groups is 1. The Labute approximate surface area is 192 Å². The van der Waals surface area contributed by atoms with Gasteiger partial charge in [0.1, 0.15) is 18.2 Å². The van der Waals surface area contributed by atoms with Crippen LogP contribution in [-0.2, 0) is 11.4 Å². The van der Waals surface area contributed by atoms with Gasteiger partial charge in [-0.25, -0.2) is 4.39 Å². The van der Waals surface area contributed by atoms with Gasteiger partial charge in [-0.05, 0) is 53.6 Å². The van der Waals surface area contributed by atoms with E-state index in [0.29, 0.717) is 20.7 Å². The van der Waals surface area contributed by atoms with Gasteiger partial charge in [0.15, 0.2) is 4.32 Å². The molecule has 1 fully saturated rings. The number of nitrogens with zero attached hydrogens (tertiary/aromatic N) is 2. The maximum Gasteiger partial charge on any atom is 0.270 e. The Hall–Kier alpha value is -3.56. The number of nitro benzene ring substituents is 1. The van der Waals surface area contributed by atoms with E-state index in [4.69, 9.17) is 17.0 Å². The molecular weight excluding hydrogens is 451 g/mol. The Morgan fingerprint density at radius 2 is 1.81 bits per heavy atom. The van der Waals surface area contributed by atoms with Crippen LogP contribution < -0.4 is 9.64 Å². The van der Waals surface area contributed by atoms with Crippen molar-refractivity contribution in [3.8, 4) is 5.75 Å². The second kappa shape index (κ2) is 9.29. The van der Waals surface area contributed by atoms with Crippen LogP contribution in [0.4, 0.5) is 15.8 Å². The van der Waals surface area contributed by atoms with Gasteiger partial charge in [-0.1, -0.05) is 48.2 Å². The summed E-state index contributed by atoms with van der Waals surface area (Å²) in [6.07, 6.45) is 1.72. The van der Waals surface area contributed by atoms with Crippen molar-refractivity contribution in [1.29, 1.82) is 0 Å². The number of carbonyl (C=O) groups is 1. The predicted molar refractivity (Wildman–Crippen MR) is 126 cm³/mol. The SMILES string of the molecule is O=C1/C(=C\c2cccc(OCc3ccc(F)cc3)c2)SC(=S)N1c1ccc([N+](=O)[O-])cc1. The summed E-state index contributed by atoms with van der Waals surface area (Å²) in [5.74, 6) is 0.00203. The zero-order chi connectivity index (χ0) is 22.7. The summed E-state index contributed by atoms with van der Waals surface area (Å²) in [5.41, 5.74) is 2.00. The topological polar surface area (TPSA) is 72.7 Å². The Bertz CT molecular complexity index is 1230. The highest BCUT2D eigenvalue weighted by Gasteiger charge is 2.33. The largest absolute Gasteiger partial charge is 0.489 e. The number of benzene rings is 3. The quantitative estimate of drug-likeness (QED) is 0.200.